The predicted octanol–water partition coefficient (Wildman–Crippen LogP) is 5.02. The van der Waals surface area contributed by atoms with Crippen LogP contribution in [0.15, 0.2) is 30.3 Å². The zero-order chi connectivity index (χ0) is 15.6. The quantitative estimate of drug-likeness (QED) is 0.680. The molecule has 3 unspecified atom stereocenters. The Bertz CT molecular complexity index is 508. The second kappa shape index (κ2) is 6.16. The van der Waals surface area contributed by atoms with Gasteiger partial charge in [0.15, 0.2) is 0 Å². The van der Waals surface area contributed by atoms with Gasteiger partial charge in [-0.2, -0.15) is 0 Å². The lowest BCUT2D eigenvalue weighted by Crippen LogP contribution is -2.50. The minimum Gasteiger partial charge on any atom is -0.371 e. The highest BCUT2D eigenvalue weighted by Crippen LogP contribution is 2.61. The van der Waals surface area contributed by atoms with Crippen LogP contribution in [0.5, 0.6) is 0 Å². The van der Waals surface area contributed by atoms with Gasteiger partial charge in [-0.25, -0.2) is 0 Å². The molecular formula is C20H28O2. The lowest BCUT2D eigenvalue weighted by Gasteiger charge is -2.51. The van der Waals surface area contributed by atoms with E-state index < -0.39 is 0 Å². The van der Waals surface area contributed by atoms with Gasteiger partial charge in [0.1, 0.15) is 6.29 Å². The molecule has 1 spiro atoms. The Kier molecular flexibility index (Phi) is 4.40. The molecular weight excluding hydrogens is 272 g/mol. The molecule has 2 heteroatoms. The monoisotopic (exact) mass is 300 g/mol. The maximum atomic E-state index is 10.0. The number of rotatable bonds is 1. The smallest absolute Gasteiger partial charge is 0.150 e. The van der Waals surface area contributed by atoms with E-state index in [1.807, 2.05) is 18.2 Å². The second-order valence-electron chi connectivity index (χ2n) is 7.62. The maximum Gasteiger partial charge on any atom is 0.150 e. The van der Waals surface area contributed by atoms with E-state index in [9.17, 15) is 4.79 Å². The summed E-state index contributed by atoms with van der Waals surface area (Å²) < 4.78 is 6.38. The highest BCUT2D eigenvalue weighted by molar-refractivity contribution is 5.74. The molecule has 0 aromatic heterocycles. The van der Waals surface area contributed by atoms with Gasteiger partial charge in [-0.05, 0) is 50.4 Å². The van der Waals surface area contributed by atoms with E-state index in [4.69, 9.17) is 4.74 Å². The van der Waals surface area contributed by atoms with E-state index in [1.165, 1.54) is 44.9 Å². The second-order valence-corrected chi connectivity index (χ2v) is 7.62. The van der Waals surface area contributed by atoms with Gasteiger partial charge in [-0.3, -0.25) is 4.79 Å². The van der Waals surface area contributed by atoms with E-state index in [0.717, 1.165) is 17.8 Å². The average Bonchev–Trinajstić information content (AvgIpc) is 2.83. The third kappa shape index (κ3) is 2.74. The summed E-state index contributed by atoms with van der Waals surface area (Å²) in [6, 6.07) is 9.10. The highest BCUT2D eigenvalue weighted by atomic mass is 16.5. The first-order valence-corrected chi connectivity index (χ1v) is 8.77. The molecule has 3 aliphatic rings. The number of hydrogen-bond acceptors (Lipinski definition) is 2. The van der Waals surface area contributed by atoms with Crippen molar-refractivity contribution in [2.24, 2.45) is 11.3 Å². The van der Waals surface area contributed by atoms with Crippen molar-refractivity contribution < 1.29 is 9.53 Å². The fourth-order valence-corrected chi connectivity index (χ4v) is 4.82. The molecule has 1 heterocycles. The van der Waals surface area contributed by atoms with E-state index in [-0.39, 0.29) is 0 Å². The van der Waals surface area contributed by atoms with Crippen molar-refractivity contribution in [3.05, 3.63) is 35.9 Å². The Morgan fingerprint density at radius 1 is 1.14 bits per heavy atom. The normalized spacial score (nSPS) is 39.4. The zero-order valence-corrected chi connectivity index (χ0v) is 13.9. The molecule has 1 aromatic carbocycles. The van der Waals surface area contributed by atoms with Crippen molar-refractivity contribution in [3.63, 3.8) is 0 Å². The van der Waals surface area contributed by atoms with Gasteiger partial charge in [0, 0.05) is 5.56 Å². The minimum absolute atomic E-state index is 0.299. The van der Waals surface area contributed by atoms with Crippen LogP contribution < -0.4 is 0 Å². The Balaban J connectivity index is 0.000000154. The van der Waals surface area contributed by atoms with Crippen molar-refractivity contribution in [1.29, 1.82) is 0 Å². The topological polar surface area (TPSA) is 26.3 Å². The number of ether oxygens (including phenoxy) is 1. The van der Waals surface area contributed by atoms with Crippen molar-refractivity contribution in [2.45, 2.75) is 70.5 Å². The summed E-state index contributed by atoms with van der Waals surface area (Å²) in [6.07, 6.45) is 11.1. The molecule has 2 bridgehead atoms. The molecule has 3 fully saturated rings. The number of aldehydes is 1. The van der Waals surface area contributed by atoms with Crippen molar-refractivity contribution >= 4 is 6.29 Å². The number of fused-ring (bicyclic) bond motifs is 1. The van der Waals surface area contributed by atoms with Gasteiger partial charge in [0.25, 0.3) is 0 Å². The van der Waals surface area contributed by atoms with Gasteiger partial charge in [0.05, 0.1) is 11.7 Å². The molecule has 0 radical (unpaired) electrons. The zero-order valence-electron chi connectivity index (χ0n) is 13.9. The third-order valence-corrected chi connectivity index (χ3v) is 6.33. The van der Waals surface area contributed by atoms with Crippen LogP contribution in [0.2, 0.25) is 0 Å². The van der Waals surface area contributed by atoms with Crippen LogP contribution in [0.4, 0.5) is 0 Å². The molecule has 1 saturated heterocycles. The molecule has 22 heavy (non-hydrogen) atoms. The summed E-state index contributed by atoms with van der Waals surface area (Å²) in [5.41, 5.74) is 1.55. The Morgan fingerprint density at radius 3 is 2.55 bits per heavy atom. The molecule has 4 rings (SSSR count). The summed E-state index contributed by atoms with van der Waals surface area (Å²) in [6.45, 7) is 4.78. The number of carbonyl (C=O) groups excluding carboxylic acids is 1. The van der Waals surface area contributed by atoms with Crippen molar-refractivity contribution in [3.8, 4) is 0 Å². The SMILES string of the molecule is CC1OC23CCCC[C@@]2(C)CCC1C3.O=Cc1ccccc1. The molecule has 2 nitrogen and oxygen atoms in total. The Morgan fingerprint density at radius 2 is 1.86 bits per heavy atom. The van der Waals surface area contributed by atoms with Gasteiger partial charge < -0.3 is 4.74 Å². The summed E-state index contributed by atoms with van der Waals surface area (Å²) in [7, 11) is 0. The number of benzene rings is 1. The van der Waals surface area contributed by atoms with Gasteiger partial charge in [0.2, 0.25) is 0 Å². The first-order chi connectivity index (χ1) is 10.6. The van der Waals surface area contributed by atoms with Gasteiger partial charge >= 0.3 is 0 Å². The molecule has 4 atom stereocenters. The van der Waals surface area contributed by atoms with Crippen LogP contribution >= 0.6 is 0 Å². The predicted molar refractivity (Wildman–Crippen MR) is 89.0 cm³/mol. The number of carbonyl (C=O) groups is 1. The summed E-state index contributed by atoms with van der Waals surface area (Å²) in [4.78, 5) is 10.0. The first kappa shape index (κ1) is 15.7. The van der Waals surface area contributed by atoms with Crippen molar-refractivity contribution in [2.75, 3.05) is 0 Å². The molecule has 1 aromatic rings. The molecule has 120 valence electrons. The molecule has 2 saturated carbocycles. The fraction of sp³-hybridized carbons (Fsp3) is 0.650. The van der Waals surface area contributed by atoms with E-state index in [1.54, 1.807) is 12.1 Å². The highest BCUT2D eigenvalue weighted by Gasteiger charge is 2.59. The van der Waals surface area contributed by atoms with E-state index in [0.29, 0.717) is 17.1 Å². The Hall–Kier alpha value is -1.15. The summed E-state index contributed by atoms with van der Waals surface area (Å²) in [5.74, 6) is 0.876. The van der Waals surface area contributed by atoms with Crippen LogP contribution in [-0.4, -0.2) is 18.0 Å². The minimum atomic E-state index is 0.299. The van der Waals surface area contributed by atoms with Crippen molar-refractivity contribution in [1.82, 2.24) is 0 Å². The molecule has 0 amide bonds. The van der Waals surface area contributed by atoms with Gasteiger partial charge in [-0.15, -0.1) is 0 Å². The lowest BCUT2D eigenvalue weighted by atomic mass is 9.56. The first-order valence-electron chi connectivity index (χ1n) is 8.77. The number of hydrogen-bond donors (Lipinski definition) is 0. The summed E-state index contributed by atoms with van der Waals surface area (Å²) in [5, 5.41) is 0. The lowest BCUT2D eigenvalue weighted by molar-refractivity contribution is -0.140. The standard InChI is InChI=1S/C13H22O.C7H6O/c1-10-11-5-8-12(2)6-3-4-7-13(12,9-11)14-10;8-6-7-4-2-1-3-5-7/h10-11H,3-9H2,1-2H3;1-6H/t10?,11?,12-,13?;/m0./s1. The Labute approximate surface area is 134 Å². The molecule has 1 aliphatic heterocycles. The van der Waals surface area contributed by atoms with Crippen LogP contribution in [0.3, 0.4) is 0 Å². The fourth-order valence-electron chi connectivity index (χ4n) is 4.82. The van der Waals surface area contributed by atoms with Crippen LogP contribution in [0.1, 0.15) is 69.2 Å². The molecule has 2 aliphatic carbocycles. The largest absolute Gasteiger partial charge is 0.371 e. The van der Waals surface area contributed by atoms with Crippen LogP contribution in [-0.2, 0) is 4.74 Å². The maximum absolute atomic E-state index is 10.0. The van der Waals surface area contributed by atoms with E-state index in [2.05, 4.69) is 13.8 Å². The van der Waals surface area contributed by atoms with Crippen LogP contribution in [0, 0.1) is 11.3 Å². The average molecular weight is 300 g/mol. The summed E-state index contributed by atoms with van der Waals surface area (Å²) >= 11 is 0. The van der Waals surface area contributed by atoms with Gasteiger partial charge in [-0.1, -0.05) is 50.1 Å². The molecule has 0 N–H and O–H groups in total. The van der Waals surface area contributed by atoms with Crippen LogP contribution in [0.25, 0.3) is 0 Å². The third-order valence-electron chi connectivity index (χ3n) is 6.33. The van der Waals surface area contributed by atoms with E-state index >= 15 is 0 Å².